The van der Waals surface area contributed by atoms with Gasteiger partial charge in [0.2, 0.25) is 0 Å². The molecule has 3 rings (SSSR count). The number of fused-ring (bicyclic) bond motifs is 2. The molecule has 0 aliphatic carbocycles. The number of rotatable bonds is 5. The van der Waals surface area contributed by atoms with Crippen LogP contribution in [0.3, 0.4) is 0 Å². The first-order valence-corrected chi connectivity index (χ1v) is 8.29. The quantitative estimate of drug-likeness (QED) is 0.328. The van der Waals surface area contributed by atoms with Crippen LogP contribution in [0.15, 0.2) is 21.7 Å². The molecule has 27 heavy (non-hydrogen) atoms. The zero-order chi connectivity index (χ0) is 19.9. The second-order valence-corrected chi connectivity index (χ2v) is 6.50. The predicted molar refractivity (Wildman–Crippen MR) is 95.6 cm³/mol. The summed E-state index contributed by atoms with van der Waals surface area (Å²) in [6.45, 7) is 2.73. The fourth-order valence-electron chi connectivity index (χ4n) is 2.89. The molecule has 10 nitrogen and oxygen atoms in total. The Morgan fingerprint density at radius 2 is 1.74 bits per heavy atom. The molecule has 0 saturated carbocycles. The molecule has 0 amide bonds. The van der Waals surface area contributed by atoms with Crippen molar-refractivity contribution in [1.29, 1.82) is 0 Å². The highest BCUT2D eigenvalue weighted by molar-refractivity contribution is 5.81. The van der Waals surface area contributed by atoms with E-state index in [2.05, 4.69) is 15.0 Å². The smallest absolute Gasteiger partial charge is 0.349 e. The third kappa shape index (κ3) is 3.47. The minimum absolute atomic E-state index is 0.0516. The lowest BCUT2D eigenvalue weighted by Gasteiger charge is -2.25. The Hall–Kier alpha value is -2.66. The number of H-pyrrole nitrogens is 1. The minimum Gasteiger partial charge on any atom is -0.394 e. The number of hydrogen-bond donors (Lipinski definition) is 5. The maximum atomic E-state index is 12.2. The van der Waals surface area contributed by atoms with Gasteiger partial charge < -0.3 is 25.0 Å². The van der Waals surface area contributed by atoms with Gasteiger partial charge in [-0.2, -0.15) is 4.98 Å². The van der Waals surface area contributed by atoms with Crippen LogP contribution in [-0.2, 0) is 6.54 Å². The van der Waals surface area contributed by atoms with Gasteiger partial charge in [0.1, 0.15) is 18.3 Å². The van der Waals surface area contributed by atoms with Crippen LogP contribution >= 0.6 is 0 Å². The number of aryl methyl sites for hydroxylation is 2. The molecule has 0 aromatic heterocycles. The molecule has 1 aromatic rings. The lowest BCUT2D eigenvalue weighted by atomic mass is 10.1. The van der Waals surface area contributed by atoms with E-state index in [1.807, 2.05) is 13.8 Å². The molecule has 3 atom stereocenters. The van der Waals surface area contributed by atoms with Crippen LogP contribution in [-0.4, -0.2) is 64.9 Å². The fourth-order valence-corrected chi connectivity index (χ4v) is 2.89. The highest BCUT2D eigenvalue weighted by Gasteiger charge is 2.27. The monoisotopic (exact) mass is 376 g/mol. The molecule has 0 unspecified atom stereocenters. The second-order valence-electron chi connectivity index (χ2n) is 6.50. The van der Waals surface area contributed by atoms with Gasteiger partial charge >= 0.3 is 5.69 Å². The van der Waals surface area contributed by atoms with Crippen molar-refractivity contribution in [2.45, 2.75) is 38.7 Å². The van der Waals surface area contributed by atoms with E-state index in [0.29, 0.717) is 11.0 Å². The Kier molecular flexibility index (Phi) is 5.07. The number of benzene rings is 1. The molecule has 2 aliphatic rings. The summed E-state index contributed by atoms with van der Waals surface area (Å²) < 4.78 is 1.40. The van der Waals surface area contributed by atoms with Crippen molar-refractivity contribution in [3.63, 3.8) is 0 Å². The molecule has 2 heterocycles. The van der Waals surface area contributed by atoms with Crippen LogP contribution in [0.5, 0.6) is 0 Å². The maximum absolute atomic E-state index is 12.2. The third-order valence-corrected chi connectivity index (χ3v) is 4.57. The summed E-state index contributed by atoms with van der Waals surface area (Å²) in [5, 5.41) is 38.8. The Morgan fingerprint density at radius 3 is 2.41 bits per heavy atom. The SMILES string of the molecule is Cc1cc2nc3c(=O)[nH]c(=O)nc-3n(C[C@H](O)[C@H](O)[C@@H](O)CO)c2cc1C. The Balaban J connectivity index is 2.28. The number of aliphatic hydroxyl groups is 4. The topological polar surface area (TPSA) is 162 Å². The second kappa shape index (κ2) is 7.16. The minimum atomic E-state index is -1.64. The molecule has 0 radical (unpaired) electrons. The van der Waals surface area contributed by atoms with Gasteiger partial charge in [-0.3, -0.25) is 9.78 Å². The standard InChI is InChI=1S/C17H20N4O6/c1-7-3-9-10(4-8(7)2)21(5-11(23)14(25)12(24)6-22)15-13(18-9)16(26)20-17(27)19-15/h3-4,11-12,14,22-25H,5-6H2,1-2H3,(H,20,26,27)/t11-,12-,14-/m0/s1. The number of aromatic amines is 1. The molecule has 0 bridgehead atoms. The van der Waals surface area contributed by atoms with Crippen molar-refractivity contribution in [2.24, 2.45) is 0 Å². The van der Waals surface area contributed by atoms with Gasteiger partial charge in [-0.05, 0) is 37.1 Å². The lowest BCUT2D eigenvalue weighted by molar-refractivity contribution is -0.0802. The van der Waals surface area contributed by atoms with Gasteiger partial charge in [0, 0.05) is 0 Å². The summed E-state index contributed by atoms with van der Waals surface area (Å²) in [5.74, 6) is -0.0516. The highest BCUT2D eigenvalue weighted by Crippen LogP contribution is 2.24. The third-order valence-electron chi connectivity index (χ3n) is 4.57. The Labute approximate surface area is 152 Å². The first-order valence-electron chi connectivity index (χ1n) is 8.29. The van der Waals surface area contributed by atoms with E-state index in [0.717, 1.165) is 11.1 Å². The first-order chi connectivity index (χ1) is 12.7. The van der Waals surface area contributed by atoms with Crippen molar-refractivity contribution in [2.75, 3.05) is 6.61 Å². The molecular formula is C17H20N4O6. The van der Waals surface area contributed by atoms with Gasteiger partial charge in [-0.1, -0.05) is 0 Å². The number of aliphatic hydroxyl groups excluding tert-OH is 4. The molecule has 2 aliphatic heterocycles. The lowest BCUT2D eigenvalue weighted by Crippen LogP contribution is -2.42. The molecule has 10 heteroatoms. The van der Waals surface area contributed by atoms with Crippen LogP contribution in [0.1, 0.15) is 11.1 Å². The van der Waals surface area contributed by atoms with Crippen molar-refractivity contribution in [3.8, 4) is 11.5 Å². The van der Waals surface area contributed by atoms with Crippen LogP contribution in [0.2, 0.25) is 0 Å². The van der Waals surface area contributed by atoms with E-state index in [-0.39, 0.29) is 18.1 Å². The average Bonchev–Trinajstić information content (AvgIpc) is 2.62. The zero-order valence-corrected chi connectivity index (χ0v) is 14.7. The highest BCUT2D eigenvalue weighted by atomic mass is 16.4. The molecule has 5 N–H and O–H groups in total. The van der Waals surface area contributed by atoms with E-state index in [9.17, 15) is 24.9 Å². The first kappa shape index (κ1) is 19.1. The molecule has 1 aromatic carbocycles. The van der Waals surface area contributed by atoms with Crippen LogP contribution in [0.25, 0.3) is 22.6 Å². The molecule has 0 saturated heterocycles. The van der Waals surface area contributed by atoms with Crippen molar-refractivity contribution in [1.82, 2.24) is 19.5 Å². The number of hydrogen-bond acceptors (Lipinski definition) is 8. The molecule has 0 spiro atoms. The summed E-state index contributed by atoms with van der Waals surface area (Å²) in [5.41, 5.74) is 1.11. The normalized spacial score (nSPS) is 15.2. The van der Waals surface area contributed by atoms with Gasteiger partial charge in [-0.15, -0.1) is 0 Å². The number of nitrogens with one attached hydrogen (secondary N) is 1. The van der Waals surface area contributed by atoms with E-state index < -0.39 is 36.2 Å². The molecular weight excluding hydrogens is 356 g/mol. The van der Waals surface area contributed by atoms with Gasteiger partial charge in [0.25, 0.3) is 5.56 Å². The maximum Gasteiger partial charge on any atom is 0.349 e. The Bertz CT molecular complexity index is 1080. The molecule has 144 valence electrons. The van der Waals surface area contributed by atoms with E-state index >= 15 is 0 Å². The van der Waals surface area contributed by atoms with E-state index in [4.69, 9.17) is 5.11 Å². The fraction of sp³-hybridized carbons (Fsp3) is 0.412. The van der Waals surface area contributed by atoms with E-state index in [1.165, 1.54) is 4.57 Å². The van der Waals surface area contributed by atoms with Crippen molar-refractivity contribution < 1.29 is 20.4 Å². The van der Waals surface area contributed by atoms with Gasteiger partial charge in [-0.25, -0.2) is 9.78 Å². The van der Waals surface area contributed by atoms with Crippen molar-refractivity contribution in [3.05, 3.63) is 44.1 Å². The largest absolute Gasteiger partial charge is 0.394 e. The van der Waals surface area contributed by atoms with Crippen molar-refractivity contribution >= 4 is 11.0 Å². The summed E-state index contributed by atoms with van der Waals surface area (Å²) in [4.78, 5) is 34.0. The zero-order valence-electron chi connectivity index (χ0n) is 14.7. The summed E-state index contributed by atoms with van der Waals surface area (Å²) >= 11 is 0. The summed E-state index contributed by atoms with van der Waals surface area (Å²) in [6, 6.07) is 3.53. The van der Waals surface area contributed by atoms with Crippen LogP contribution in [0.4, 0.5) is 0 Å². The van der Waals surface area contributed by atoms with E-state index in [1.54, 1.807) is 12.1 Å². The number of aromatic nitrogens is 4. The van der Waals surface area contributed by atoms with Gasteiger partial charge in [0.15, 0.2) is 11.5 Å². The summed E-state index contributed by atoms with van der Waals surface area (Å²) in [7, 11) is 0. The van der Waals surface area contributed by atoms with Crippen LogP contribution < -0.4 is 11.2 Å². The summed E-state index contributed by atoms with van der Waals surface area (Å²) in [6.07, 6.45) is -4.68. The number of nitrogens with zero attached hydrogens (tertiary/aromatic N) is 3. The van der Waals surface area contributed by atoms with Gasteiger partial charge in [0.05, 0.1) is 24.2 Å². The molecule has 0 fully saturated rings. The average molecular weight is 376 g/mol. The van der Waals surface area contributed by atoms with Crippen LogP contribution in [0, 0.1) is 13.8 Å². The Morgan fingerprint density at radius 1 is 1.07 bits per heavy atom. The predicted octanol–water partition coefficient (Wildman–Crippen LogP) is -1.72.